The second kappa shape index (κ2) is 9.19. The molecule has 0 atom stereocenters. The maximum atomic E-state index is 12.7. The summed E-state index contributed by atoms with van der Waals surface area (Å²) >= 11 is 1.45. The van der Waals surface area contributed by atoms with Crippen LogP contribution in [0.5, 0.6) is 11.6 Å². The molecule has 2 amide bonds. The number of thiazole rings is 1. The van der Waals surface area contributed by atoms with Gasteiger partial charge < -0.3 is 10.1 Å². The number of para-hydroxylation sites is 1. The molecule has 2 heterocycles. The van der Waals surface area contributed by atoms with Gasteiger partial charge in [-0.3, -0.25) is 5.32 Å². The van der Waals surface area contributed by atoms with Crippen molar-refractivity contribution in [1.29, 1.82) is 0 Å². The van der Waals surface area contributed by atoms with E-state index in [4.69, 9.17) is 4.74 Å². The number of carbonyl (C=O) groups is 1. The first kappa shape index (κ1) is 22.7. The lowest BCUT2D eigenvalue weighted by Crippen LogP contribution is -2.20. The topological polar surface area (TPSA) is 76.1 Å². The summed E-state index contributed by atoms with van der Waals surface area (Å²) in [5.41, 5.74) is 3.54. The second-order valence-corrected chi connectivity index (χ2v) is 10.2. The molecule has 0 spiro atoms. The minimum Gasteiger partial charge on any atom is -0.437 e. The van der Waals surface area contributed by atoms with Crippen molar-refractivity contribution in [2.45, 2.75) is 46.0 Å². The van der Waals surface area contributed by atoms with Gasteiger partial charge in [-0.1, -0.05) is 70.2 Å². The number of urea groups is 1. The van der Waals surface area contributed by atoms with Crippen molar-refractivity contribution in [2.24, 2.45) is 0 Å². The van der Waals surface area contributed by atoms with Crippen LogP contribution in [0.25, 0.3) is 10.2 Å². The zero-order chi connectivity index (χ0) is 23.6. The summed E-state index contributed by atoms with van der Waals surface area (Å²) in [6, 6.07) is 17.2. The van der Waals surface area contributed by atoms with Gasteiger partial charge >= 0.3 is 6.03 Å². The molecule has 0 bridgehead atoms. The predicted molar refractivity (Wildman–Crippen MR) is 136 cm³/mol. The zero-order valence-electron chi connectivity index (χ0n) is 19.5. The summed E-state index contributed by atoms with van der Waals surface area (Å²) in [4.78, 5) is 21.6. The number of ether oxygens (including phenoxy) is 1. The van der Waals surface area contributed by atoms with E-state index in [0.29, 0.717) is 28.4 Å². The molecule has 2 N–H and O–H groups in total. The van der Waals surface area contributed by atoms with Crippen molar-refractivity contribution in [3.63, 3.8) is 0 Å². The van der Waals surface area contributed by atoms with E-state index in [2.05, 4.69) is 67.4 Å². The van der Waals surface area contributed by atoms with Crippen LogP contribution >= 0.6 is 11.3 Å². The van der Waals surface area contributed by atoms with Crippen LogP contribution < -0.4 is 15.4 Å². The summed E-state index contributed by atoms with van der Waals surface area (Å²) in [7, 11) is 0. The van der Waals surface area contributed by atoms with Gasteiger partial charge in [0, 0.05) is 11.8 Å². The smallest absolute Gasteiger partial charge is 0.325 e. The van der Waals surface area contributed by atoms with Crippen LogP contribution in [0.4, 0.5) is 15.6 Å². The van der Waals surface area contributed by atoms with Gasteiger partial charge in [-0.15, -0.1) is 0 Å². The van der Waals surface area contributed by atoms with Crippen LogP contribution in [0, 0.1) is 0 Å². The Kier molecular flexibility index (Phi) is 6.33. The van der Waals surface area contributed by atoms with Gasteiger partial charge in [0.05, 0.1) is 10.2 Å². The number of nitrogens with one attached hydrogen (secondary N) is 2. The Morgan fingerprint density at radius 3 is 2.58 bits per heavy atom. The SMILES string of the molecule is CC(C)c1ccc2nc(NC(=O)Nc3cccnc3Oc3ccccc3C(C)(C)C)sc2c1. The van der Waals surface area contributed by atoms with Gasteiger partial charge in [0.2, 0.25) is 5.88 Å². The molecule has 33 heavy (non-hydrogen) atoms. The van der Waals surface area contributed by atoms with Crippen LogP contribution in [0.2, 0.25) is 0 Å². The maximum absolute atomic E-state index is 12.7. The van der Waals surface area contributed by atoms with Crippen molar-refractivity contribution in [1.82, 2.24) is 9.97 Å². The number of aromatic nitrogens is 2. The second-order valence-electron chi connectivity index (χ2n) is 9.18. The molecule has 0 saturated carbocycles. The van der Waals surface area contributed by atoms with Gasteiger partial charge in [-0.05, 0) is 47.2 Å². The number of hydrogen-bond acceptors (Lipinski definition) is 5. The number of fused-ring (bicyclic) bond motifs is 1. The fourth-order valence-electron chi connectivity index (χ4n) is 3.45. The van der Waals surface area contributed by atoms with Crippen molar-refractivity contribution in [3.8, 4) is 11.6 Å². The number of benzene rings is 2. The molecule has 7 heteroatoms. The Labute approximate surface area is 198 Å². The Bertz CT molecular complexity index is 1290. The van der Waals surface area contributed by atoms with Gasteiger partial charge in [-0.2, -0.15) is 0 Å². The molecule has 0 aliphatic rings. The number of hydrogen-bond donors (Lipinski definition) is 2. The van der Waals surface area contributed by atoms with Gasteiger partial charge in [0.15, 0.2) is 5.13 Å². The highest BCUT2D eigenvalue weighted by molar-refractivity contribution is 7.22. The number of anilines is 2. The first-order chi connectivity index (χ1) is 15.7. The van der Waals surface area contributed by atoms with E-state index in [0.717, 1.165) is 15.8 Å². The molecule has 2 aromatic carbocycles. The van der Waals surface area contributed by atoms with Gasteiger partial charge in [-0.25, -0.2) is 14.8 Å². The third-order valence-electron chi connectivity index (χ3n) is 5.22. The Morgan fingerprint density at radius 1 is 1.03 bits per heavy atom. The first-order valence-electron chi connectivity index (χ1n) is 10.9. The maximum Gasteiger partial charge on any atom is 0.325 e. The van der Waals surface area contributed by atoms with E-state index >= 15 is 0 Å². The predicted octanol–water partition coefficient (Wildman–Crippen LogP) is 7.55. The molecule has 0 fully saturated rings. The van der Waals surface area contributed by atoms with E-state index in [1.165, 1.54) is 16.9 Å². The van der Waals surface area contributed by atoms with Crippen LogP contribution in [0.15, 0.2) is 60.8 Å². The fourth-order valence-corrected chi connectivity index (χ4v) is 4.36. The highest BCUT2D eigenvalue weighted by Gasteiger charge is 2.20. The standard InChI is InChI=1S/C26H28N4O2S/c1-16(2)17-12-13-19-22(15-17)33-25(29-19)30-24(31)28-20-10-8-14-27-23(20)32-21-11-7-6-9-18(21)26(3,4)5/h6-16H,1-5H3,(H2,28,29,30,31). The summed E-state index contributed by atoms with van der Waals surface area (Å²) in [5.74, 6) is 1.47. The van der Waals surface area contributed by atoms with Crippen molar-refractivity contribution < 1.29 is 9.53 Å². The number of carbonyl (C=O) groups excluding carboxylic acids is 1. The molecule has 0 aliphatic heterocycles. The molecule has 4 rings (SSSR count). The van der Waals surface area contributed by atoms with Crippen molar-refractivity contribution in [3.05, 3.63) is 71.9 Å². The third-order valence-corrected chi connectivity index (χ3v) is 6.15. The quantitative estimate of drug-likeness (QED) is 0.322. The van der Waals surface area contributed by atoms with Crippen LogP contribution in [-0.4, -0.2) is 16.0 Å². The van der Waals surface area contributed by atoms with Crippen LogP contribution in [0.3, 0.4) is 0 Å². The molecular weight excluding hydrogens is 432 g/mol. The Hall–Kier alpha value is -3.45. The Morgan fingerprint density at radius 2 is 1.82 bits per heavy atom. The number of amides is 2. The average molecular weight is 461 g/mol. The molecule has 0 unspecified atom stereocenters. The van der Waals surface area contributed by atoms with Crippen molar-refractivity contribution >= 4 is 38.4 Å². The first-order valence-corrected chi connectivity index (χ1v) is 11.7. The van der Waals surface area contributed by atoms with E-state index in [9.17, 15) is 4.79 Å². The van der Waals surface area contributed by atoms with E-state index < -0.39 is 6.03 Å². The minimum absolute atomic E-state index is 0.0986. The van der Waals surface area contributed by atoms with Crippen LogP contribution in [-0.2, 0) is 5.41 Å². The monoisotopic (exact) mass is 460 g/mol. The molecule has 4 aromatic rings. The number of nitrogens with zero attached hydrogens (tertiary/aromatic N) is 2. The largest absolute Gasteiger partial charge is 0.437 e. The molecule has 170 valence electrons. The molecule has 0 radical (unpaired) electrons. The minimum atomic E-state index is -0.403. The summed E-state index contributed by atoms with van der Waals surface area (Å²) in [6.07, 6.45) is 1.64. The Balaban J connectivity index is 1.52. The molecule has 0 saturated heterocycles. The van der Waals surface area contributed by atoms with E-state index in [-0.39, 0.29) is 5.41 Å². The lowest BCUT2D eigenvalue weighted by Gasteiger charge is -2.22. The van der Waals surface area contributed by atoms with Gasteiger partial charge in [0.25, 0.3) is 0 Å². The third kappa shape index (κ3) is 5.31. The number of pyridine rings is 1. The number of rotatable bonds is 5. The molecule has 2 aromatic heterocycles. The fraction of sp³-hybridized carbons (Fsp3) is 0.269. The lowest BCUT2D eigenvalue weighted by atomic mass is 9.86. The molecular formula is C26H28N4O2S. The highest BCUT2D eigenvalue weighted by atomic mass is 32.1. The average Bonchev–Trinajstić information content (AvgIpc) is 3.16. The van der Waals surface area contributed by atoms with Crippen LogP contribution in [0.1, 0.15) is 51.7 Å². The molecule has 6 nitrogen and oxygen atoms in total. The summed E-state index contributed by atoms with van der Waals surface area (Å²) in [5, 5.41) is 6.20. The summed E-state index contributed by atoms with van der Waals surface area (Å²) in [6.45, 7) is 10.7. The van der Waals surface area contributed by atoms with E-state index in [1.54, 1.807) is 18.3 Å². The summed E-state index contributed by atoms with van der Waals surface area (Å²) < 4.78 is 7.18. The molecule has 0 aliphatic carbocycles. The van der Waals surface area contributed by atoms with Gasteiger partial charge in [0.1, 0.15) is 11.4 Å². The highest BCUT2D eigenvalue weighted by Crippen LogP contribution is 2.35. The van der Waals surface area contributed by atoms with Crippen molar-refractivity contribution in [2.75, 3.05) is 10.6 Å². The lowest BCUT2D eigenvalue weighted by molar-refractivity contribution is 0.262. The normalized spacial score (nSPS) is 11.6. The van der Waals surface area contributed by atoms with E-state index in [1.807, 2.05) is 30.3 Å². The zero-order valence-corrected chi connectivity index (χ0v) is 20.3.